The summed E-state index contributed by atoms with van der Waals surface area (Å²) in [5.41, 5.74) is 14.2. The molecule has 11 aromatic rings. The summed E-state index contributed by atoms with van der Waals surface area (Å²) in [4.78, 5) is 7.12. The number of benzene rings is 9. The van der Waals surface area contributed by atoms with Gasteiger partial charge in [-0.2, -0.15) is 0 Å². The van der Waals surface area contributed by atoms with E-state index in [1.165, 1.54) is 33.0 Å². The van der Waals surface area contributed by atoms with Crippen LogP contribution in [0.3, 0.4) is 0 Å². The van der Waals surface area contributed by atoms with E-state index in [1.807, 2.05) is 42.5 Å². The molecule has 4 nitrogen and oxygen atoms in total. The van der Waals surface area contributed by atoms with E-state index in [1.54, 1.807) is 0 Å². The highest BCUT2D eigenvalue weighted by atomic mass is 16.4. The lowest BCUT2D eigenvalue weighted by Gasteiger charge is -2.26. The summed E-state index contributed by atoms with van der Waals surface area (Å²) in [6, 6.07) is 72.5. The average molecular weight is 731 g/mol. The van der Waals surface area contributed by atoms with Gasteiger partial charge in [-0.05, 0) is 117 Å². The lowest BCUT2D eigenvalue weighted by atomic mass is 9.97. The van der Waals surface area contributed by atoms with E-state index >= 15 is 0 Å². The van der Waals surface area contributed by atoms with Crippen molar-refractivity contribution in [3.05, 3.63) is 206 Å². The molecular formula is C53H34N2O2. The van der Waals surface area contributed by atoms with Crippen LogP contribution >= 0.6 is 0 Å². The minimum Gasteiger partial charge on any atom is -0.456 e. The molecule has 2 aromatic heterocycles. The Morgan fingerprint density at radius 3 is 1.75 bits per heavy atom. The lowest BCUT2D eigenvalue weighted by Crippen LogP contribution is -2.10. The molecule has 4 heteroatoms. The van der Waals surface area contributed by atoms with Gasteiger partial charge in [-0.3, -0.25) is 0 Å². The van der Waals surface area contributed by atoms with Crippen LogP contribution in [0.25, 0.3) is 88.6 Å². The van der Waals surface area contributed by atoms with Gasteiger partial charge in [0.15, 0.2) is 5.58 Å². The molecular weight excluding hydrogens is 697 g/mol. The van der Waals surface area contributed by atoms with Crippen molar-refractivity contribution in [2.24, 2.45) is 0 Å². The molecule has 0 radical (unpaired) electrons. The van der Waals surface area contributed by atoms with Gasteiger partial charge in [0.05, 0.1) is 5.39 Å². The molecule has 0 saturated heterocycles. The van der Waals surface area contributed by atoms with E-state index in [0.29, 0.717) is 5.89 Å². The first kappa shape index (κ1) is 32.7. The largest absolute Gasteiger partial charge is 0.456 e. The number of anilines is 3. The summed E-state index contributed by atoms with van der Waals surface area (Å²) >= 11 is 0. The Morgan fingerprint density at radius 2 is 0.982 bits per heavy atom. The highest BCUT2D eigenvalue weighted by molar-refractivity contribution is 6.16. The Bertz CT molecular complexity index is 3210. The number of fused-ring (bicyclic) bond motifs is 6. The number of furan rings is 1. The van der Waals surface area contributed by atoms with Crippen LogP contribution in [-0.2, 0) is 0 Å². The Hall–Kier alpha value is -7.69. The third-order valence-electron chi connectivity index (χ3n) is 10.9. The summed E-state index contributed by atoms with van der Waals surface area (Å²) in [5, 5.41) is 4.42. The summed E-state index contributed by atoms with van der Waals surface area (Å²) in [5.74, 6) is 0.602. The lowest BCUT2D eigenvalue weighted by molar-refractivity contribution is 0.622. The van der Waals surface area contributed by atoms with Gasteiger partial charge in [0.1, 0.15) is 16.7 Å². The molecule has 0 unspecified atom stereocenters. The van der Waals surface area contributed by atoms with Gasteiger partial charge in [0.25, 0.3) is 0 Å². The maximum absolute atomic E-state index is 6.44. The maximum atomic E-state index is 6.44. The first-order valence-electron chi connectivity index (χ1n) is 19.2. The predicted molar refractivity (Wildman–Crippen MR) is 235 cm³/mol. The first-order valence-corrected chi connectivity index (χ1v) is 19.2. The van der Waals surface area contributed by atoms with Crippen molar-refractivity contribution < 1.29 is 8.83 Å². The van der Waals surface area contributed by atoms with Crippen molar-refractivity contribution in [2.45, 2.75) is 0 Å². The van der Waals surface area contributed by atoms with E-state index in [2.05, 4.69) is 169 Å². The number of oxazole rings is 1. The molecule has 0 aliphatic carbocycles. The quantitative estimate of drug-likeness (QED) is 0.164. The zero-order chi connectivity index (χ0) is 37.7. The second-order valence-corrected chi connectivity index (χ2v) is 14.4. The molecule has 0 saturated carbocycles. The Balaban J connectivity index is 0.977. The van der Waals surface area contributed by atoms with Crippen LogP contribution < -0.4 is 4.90 Å². The summed E-state index contributed by atoms with van der Waals surface area (Å²) < 4.78 is 12.8. The number of hydrogen-bond acceptors (Lipinski definition) is 4. The highest BCUT2D eigenvalue weighted by Crippen LogP contribution is 2.41. The molecule has 0 N–H and O–H groups in total. The van der Waals surface area contributed by atoms with Gasteiger partial charge >= 0.3 is 0 Å². The van der Waals surface area contributed by atoms with Crippen molar-refractivity contribution in [3.8, 4) is 44.8 Å². The van der Waals surface area contributed by atoms with Crippen molar-refractivity contribution in [3.63, 3.8) is 0 Å². The number of aromatic nitrogens is 1. The van der Waals surface area contributed by atoms with Crippen molar-refractivity contribution >= 4 is 60.9 Å². The van der Waals surface area contributed by atoms with Gasteiger partial charge in [0.2, 0.25) is 5.89 Å². The first-order chi connectivity index (χ1) is 28.2. The third-order valence-corrected chi connectivity index (χ3v) is 10.9. The second kappa shape index (κ2) is 13.6. The van der Waals surface area contributed by atoms with Crippen LogP contribution in [0.2, 0.25) is 0 Å². The van der Waals surface area contributed by atoms with Crippen LogP contribution in [-0.4, -0.2) is 4.98 Å². The van der Waals surface area contributed by atoms with Crippen LogP contribution in [0.5, 0.6) is 0 Å². The molecule has 11 rings (SSSR count). The summed E-state index contributed by atoms with van der Waals surface area (Å²) in [7, 11) is 0. The normalized spacial score (nSPS) is 11.5. The molecule has 0 amide bonds. The van der Waals surface area contributed by atoms with Crippen molar-refractivity contribution in [2.75, 3.05) is 4.90 Å². The Kier molecular flexibility index (Phi) is 7.78. The van der Waals surface area contributed by atoms with Gasteiger partial charge < -0.3 is 13.7 Å². The SMILES string of the molecule is c1ccc(-c2ccc(N(c3ccc(-c4ccc5c(c4)oc4ccc6nc(-c7ccccc7)oc6c45)cc3)c3cccc(-c4cccc5ccccc45)c3)cc2)cc1. The van der Waals surface area contributed by atoms with Crippen LogP contribution in [0.4, 0.5) is 17.1 Å². The molecule has 268 valence electrons. The number of hydrogen-bond donors (Lipinski definition) is 0. The number of nitrogens with zero attached hydrogens (tertiary/aromatic N) is 2. The fourth-order valence-electron chi connectivity index (χ4n) is 8.10. The summed E-state index contributed by atoms with van der Waals surface area (Å²) in [6.07, 6.45) is 0. The fraction of sp³-hybridized carbons (Fsp3) is 0. The predicted octanol–water partition coefficient (Wildman–Crippen LogP) is 15.0. The van der Waals surface area contributed by atoms with E-state index in [4.69, 9.17) is 13.8 Å². The van der Waals surface area contributed by atoms with E-state index in [-0.39, 0.29) is 0 Å². The Morgan fingerprint density at radius 1 is 0.368 bits per heavy atom. The third kappa shape index (κ3) is 5.83. The van der Waals surface area contributed by atoms with E-state index in [9.17, 15) is 0 Å². The minimum absolute atomic E-state index is 0.602. The fourth-order valence-corrected chi connectivity index (χ4v) is 8.10. The molecule has 0 fully saturated rings. The molecule has 57 heavy (non-hydrogen) atoms. The summed E-state index contributed by atoms with van der Waals surface area (Å²) in [6.45, 7) is 0. The van der Waals surface area contributed by atoms with Crippen molar-refractivity contribution in [1.29, 1.82) is 0 Å². The standard InChI is InChI=1S/C53H34N2O2/c1-3-11-35(12-4-1)36-21-26-42(27-22-36)55(44-18-9-17-41(33-44)46-20-10-16-38-13-7-8-19-45(38)46)43-28-23-37(24-29-43)40-25-30-47-50(34-40)56-49-32-31-48-52(51(47)49)57-53(54-48)39-14-5-2-6-15-39/h1-34H. The topological polar surface area (TPSA) is 42.4 Å². The molecule has 9 aromatic carbocycles. The van der Waals surface area contributed by atoms with E-state index in [0.717, 1.165) is 66.8 Å². The average Bonchev–Trinajstić information content (AvgIpc) is 3.89. The van der Waals surface area contributed by atoms with Crippen LogP contribution in [0, 0.1) is 0 Å². The van der Waals surface area contributed by atoms with Crippen LogP contribution in [0.1, 0.15) is 0 Å². The second-order valence-electron chi connectivity index (χ2n) is 14.4. The van der Waals surface area contributed by atoms with Gasteiger partial charge in [-0.15, -0.1) is 0 Å². The van der Waals surface area contributed by atoms with Crippen molar-refractivity contribution in [1.82, 2.24) is 4.98 Å². The van der Waals surface area contributed by atoms with Gasteiger partial charge in [-0.1, -0.05) is 133 Å². The zero-order valence-corrected chi connectivity index (χ0v) is 30.8. The molecule has 0 bridgehead atoms. The maximum Gasteiger partial charge on any atom is 0.227 e. The molecule has 2 heterocycles. The van der Waals surface area contributed by atoms with Gasteiger partial charge in [-0.25, -0.2) is 4.98 Å². The Labute approximate surface area is 329 Å². The molecule has 0 aliphatic heterocycles. The van der Waals surface area contributed by atoms with E-state index < -0.39 is 0 Å². The molecule has 0 atom stereocenters. The van der Waals surface area contributed by atoms with Crippen LogP contribution in [0.15, 0.2) is 215 Å². The zero-order valence-electron chi connectivity index (χ0n) is 30.8. The molecule has 0 spiro atoms. The van der Waals surface area contributed by atoms with Gasteiger partial charge in [0, 0.05) is 28.0 Å². The smallest absolute Gasteiger partial charge is 0.227 e. The number of rotatable bonds is 7. The minimum atomic E-state index is 0.602. The monoisotopic (exact) mass is 730 g/mol. The molecule has 0 aliphatic rings. The highest BCUT2D eigenvalue weighted by Gasteiger charge is 2.18.